The van der Waals surface area contributed by atoms with Gasteiger partial charge in [-0.1, -0.05) is 0 Å². The van der Waals surface area contributed by atoms with Gasteiger partial charge in [-0.3, -0.25) is 4.79 Å². The molecule has 0 N–H and O–H groups in total. The lowest BCUT2D eigenvalue weighted by Gasteiger charge is -2.33. The van der Waals surface area contributed by atoms with E-state index < -0.39 is 0 Å². The Kier molecular flexibility index (Phi) is 5.76. The first kappa shape index (κ1) is 20.4. The molecule has 1 fully saturated rings. The lowest BCUT2D eigenvalue weighted by molar-refractivity contribution is 0.0744. The SMILES string of the molecule is COCCCn1c(C)cc(C(=O)N2CCN(c3nc4nc(C)ccc4o3)CC2)c1C. The Hall–Kier alpha value is -2.87. The van der Waals surface area contributed by atoms with Crippen LogP contribution >= 0.6 is 0 Å². The van der Waals surface area contributed by atoms with Crippen LogP contribution in [0.3, 0.4) is 0 Å². The van der Waals surface area contributed by atoms with E-state index >= 15 is 0 Å². The van der Waals surface area contributed by atoms with Gasteiger partial charge < -0.3 is 23.5 Å². The van der Waals surface area contributed by atoms with Crippen LogP contribution in [-0.4, -0.2) is 65.2 Å². The van der Waals surface area contributed by atoms with Crippen LogP contribution in [0.2, 0.25) is 0 Å². The summed E-state index contributed by atoms with van der Waals surface area (Å²) in [6.45, 7) is 10.2. The molecule has 1 amide bonds. The van der Waals surface area contributed by atoms with Gasteiger partial charge in [0.2, 0.25) is 5.65 Å². The Bertz CT molecular complexity index is 1050. The minimum Gasteiger partial charge on any atom is -0.422 e. The number of ether oxygens (including phenoxy) is 1. The molecule has 1 saturated heterocycles. The lowest BCUT2D eigenvalue weighted by Crippen LogP contribution is -2.49. The molecule has 0 radical (unpaired) electrons. The van der Waals surface area contributed by atoms with Gasteiger partial charge in [0.15, 0.2) is 5.58 Å². The van der Waals surface area contributed by atoms with Gasteiger partial charge in [0, 0.05) is 63.5 Å². The molecule has 0 saturated carbocycles. The fraction of sp³-hybridized carbons (Fsp3) is 0.500. The summed E-state index contributed by atoms with van der Waals surface area (Å²) >= 11 is 0. The van der Waals surface area contributed by atoms with Crippen LogP contribution in [0.1, 0.15) is 33.9 Å². The van der Waals surface area contributed by atoms with Gasteiger partial charge in [-0.05, 0) is 45.4 Å². The molecule has 8 nitrogen and oxygen atoms in total. The highest BCUT2D eigenvalue weighted by Gasteiger charge is 2.27. The van der Waals surface area contributed by atoms with Crippen LogP contribution in [0.15, 0.2) is 22.6 Å². The lowest BCUT2D eigenvalue weighted by atomic mass is 10.2. The van der Waals surface area contributed by atoms with Gasteiger partial charge in [-0.15, -0.1) is 0 Å². The fourth-order valence-electron chi connectivity index (χ4n) is 4.04. The van der Waals surface area contributed by atoms with Crippen molar-refractivity contribution in [3.63, 3.8) is 0 Å². The minimum absolute atomic E-state index is 0.0931. The normalized spacial score (nSPS) is 14.7. The minimum atomic E-state index is 0.0931. The molecule has 0 unspecified atom stereocenters. The Morgan fingerprint density at radius 3 is 2.63 bits per heavy atom. The van der Waals surface area contributed by atoms with Crippen LogP contribution in [0, 0.1) is 20.8 Å². The predicted molar refractivity (Wildman–Crippen MR) is 115 cm³/mol. The summed E-state index contributed by atoms with van der Waals surface area (Å²) in [6, 6.07) is 6.40. The van der Waals surface area contributed by atoms with Crippen molar-refractivity contribution in [3.8, 4) is 0 Å². The molecule has 3 aromatic rings. The highest BCUT2D eigenvalue weighted by Crippen LogP contribution is 2.23. The van der Waals surface area contributed by atoms with E-state index in [2.05, 4.69) is 26.4 Å². The Morgan fingerprint density at radius 2 is 1.90 bits per heavy atom. The van der Waals surface area contributed by atoms with Crippen molar-refractivity contribution in [2.24, 2.45) is 0 Å². The smallest absolute Gasteiger partial charge is 0.300 e. The van der Waals surface area contributed by atoms with E-state index in [1.54, 1.807) is 7.11 Å². The highest BCUT2D eigenvalue weighted by molar-refractivity contribution is 5.96. The number of fused-ring (bicyclic) bond motifs is 1. The maximum absolute atomic E-state index is 13.2. The van der Waals surface area contributed by atoms with Gasteiger partial charge in [-0.2, -0.15) is 4.98 Å². The van der Waals surface area contributed by atoms with Crippen molar-refractivity contribution < 1.29 is 13.9 Å². The quantitative estimate of drug-likeness (QED) is 0.581. The first-order valence-corrected chi connectivity index (χ1v) is 10.4. The van der Waals surface area contributed by atoms with Crippen molar-refractivity contribution >= 4 is 23.2 Å². The second kappa shape index (κ2) is 8.47. The summed E-state index contributed by atoms with van der Waals surface area (Å²) in [5, 5.41) is 0. The summed E-state index contributed by atoms with van der Waals surface area (Å²) in [7, 11) is 1.71. The molecule has 30 heavy (non-hydrogen) atoms. The Balaban J connectivity index is 1.42. The topological polar surface area (TPSA) is 76.6 Å². The number of amides is 1. The van der Waals surface area contributed by atoms with E-state index in [-0.39, 0.29) is 5.91 Å². The van der Waals surface area contributed by atoms with Crippen molar-refractivity contribution in [2.75, 3.05) is 44.8 Å². The van der Waals surface area contributed by atoms with E-state index in [0.29, 0.717) is 50.0 Å². The van der Waals surface area contributed by atoms with E-state index in [4.69, 9.17) is 9.15 Å². The monoisotopic (exact) mass is 411 g/mol. The zero-order chi connectivity index (χ0) is 21.3. The van der Waals surface area contributed by atoms with E-state index in [9.17, 15) is 4.79 Å². The van der Waals surface area contributed by atoms with Crippen LogP contribution < -0.4 is 4.90 Å². The number of rotatable bonds is 6. The van der Waals surface area contributed by atoms with E-state index in [0.717, 1.165) is 35.6 Å². The summed E-state index contributed by atoms with van der Waals surface area (Å²) in [6.07, 6.45) is 0.929. The summed E-state index contributed by atoms with van der Waals surface area (Å²) in [5.74, 6) is 0.0931. The third-order valence-electron chi connectivity index (χ3n) is 5.75. The van der Waals surface area contributed by atoms with Crippen LogP contribution in [0.5, 0.6) is 0 Å². The number of pyridine rings is 1. The molecule has 0 spiro atoms. The standard InChI is InChI=1S/C22H29N5O3/c1-15-6-7-19-20(23-15)24-22(30-19)26-11-9-25(10-12-26)21(28)18-14-16(2)27(17(18)3)8-5-13-29-4/h6-7,14H,5,8-13H2,1-4H3. The second-order valence-electron chi connectivity index (χ2n) is 7.83. The van der Waals surface area contributed by atoms with Crippen LogP contribution in [-0.2, 0) is 11.3 Å². The number of hydrogen-bond donors (Lipinski definition) is 0. The zero-order valence-electron chi connectivity index (χ0n) is 18.1. The van der Waals surface area contributed by atoms with E-state index in [1.807, 2.05) is 36.9 Å². The summed E-state index contributed by atoms with van der Waals surface area (Å²) in [5.41, 5.74) is 5.16. The van der Waals surface area contributed by atoms with Gasteiger partial charge >= 0.3 is 0 Å². The number of nitrogens with zero attached hydrogens (tertiary/aromatic N) is 5. The van der Waals surface area contributed by atoms with Crippen LogP contribution in [0.4, 0.5) is 6.01 Å². The number of carbonyl (C=O) groups excluding carboxylic acids is 1. The first-order chi connectivity index (χ1) is 14.5. The number of aryl methyl sites for hydroxylation is 2. The third kappa shape index (κ3) is 3.92. The molecule has 0 aliphatic carbocycles. The maximum Gasteiger partial charge on any atom is 0.300 e. The van der Waals surface area contributed by atoms with Crippen molar-refractivity contribution in [2.45, 2.75) is 33.7 Å². The van der Waals surface area contributed by atoms with Gasteiger partial charge in [0.25, 0.3) is 11.9 Å². The molecule has 4 rings (SSSR count). The fourth-order valence-corrected chi connectivity index (χ4v) is 4.04. The number of anilines is 1. The number of methoxy groups -OCH3 is 1. The molecule has 8 heteroatoms. The van der Waals surface area contributed by atoms with Crippen molar-refractivity contribution in [3.05, 3.63) is 40.8 Å². The molecule has 160 valence electrons. The van der Waals surface area contributed by atoms with Gasteiger partial charge in [0.05, 0.1) is 5.56 Å². The first-order valence-electron chi connectivity index (χ1n) is 10.4. The van der Waals surface area contributed by atoms with Crippen LogP contribution in [0.25, 0.3) is 11.2 Å². The molecule has 1 aliphatic heterocycles. The van der Waals surface area contributed by atoms with Gasteiger partial charge in [0.1, 0.15) is 0 Å². The average Bonchev–Trinajstić information content (AvgIpc) is 3.29. The van der Waals surface area contributed by atoms with Gasteiger partial charge in [-0.25, -0.2) is 4.98 Å². The molecular weight excluding hydrogens is 382 g/mol. The zero-order valence-corrected chi connectivity index (χ0v) is 18.1. The van der Waals surface area contributed by atoms with E-state index in [1.165, 1.54) is 0 Å². The Labute approximate surface area is 176 Å². The third-order valence-corrected chi connectivity index (χ3v) is 5.75. The predicted octanol–water partition coefficient (Wildman–Crippen LogP) is 2.95. The Morgan fingerprint density at radius 1 is 1.13 bits per heavy atom. The molecular formula is C22H29N5O3. The summed E-state index contributed by atoms with van der Waals surface area (Å²) in [4.78, 5) is 26.1. The molecule has 0 bridgehead atoms. The molecule has 1 aliphatic rings. The largest absolute Gasteiger partial charge is 0.422 e. The van der Waals surface area contributed by atoms with Crippen molar-refractivity contribution in [1.82, 2.24) is 19.4 Å². The molecule has 0 aromatic carbocycles. The number of oxazole rings is 1. The number of aromatic nitrogens is 3. The second-order valence-corrected chi connectivity index (χ2v) is 7.83. The maximum atomic E-state index is 13.2. The molecule has 0 atom stereocenters. The highest BCUT2D eigenvalue weighted by atomic mass is 16.5. The molecule has 4 heterocycles. The van der Waals surface area contributed by atoms with Crippen molar-refractivity contribution in [1.29, 1.82) is 0 Å². The number of piperazine rings is 1. The summed E-state index contributed by atoms with van der Waals surface area (Å²) < 4.78 is 13.2. The molecule has 3 aromatic heterocycles. The average molecular weight is 412 g/mol. The number of carbonyl (C=O) groups is 1. The number of hydrogen-bond acceptors (Lipinski definition) is 6.